The molecule has 12 heteroatoms. The molecule has 0 bridgehead atoms. The largest absolute Gasteiger partial charge is 0.347 e. The molecule has 32 heavy (non-hydrogen) atoms. The molecule has 0 radical (unpaired) electrons. The lowest BCUT2D eigenvalue weighted by molar-refractivity contribution is -0.133. The highest BCUT2D eigenvalue weighted by molar-refractivity contribution is 7.91. The number of hydrogen-bond acceptors (Lipinski definition) is 7. The van der Waals surface area contributed by atoms with Crippen LogP contribution in [-0.2, 0) is 36.0 Å². The summed E-state index contributed by atoms with van der Waals surface area (Å²) in [5.41, 5.74) is 0.887. The van der Waals surface area contributed by atoms with Gasteiger partial charge in [-0.3, -0.25) is 9.59 Å². The zero-order chi connectivity index (χ0) is 23.5. The molecule has 1 N–H and O–H groups in total. The Kier molecular flexibility index (Phi) is 7.36. The third-order valence-electron chi connectivity index (χ3n) is 5.60. The molecule has 1 aromatic carbocycles. The number of carbonyl (C=O) groups is 2. The summed E-state index contributed by atoms with van der Waals surface area (Å²) in [6.45, 7) is 4.48. The number of nitrogens with zero attached hydrogens (tertiary/aromatic N) is 3. The van der Waals surface area contributed by atoms with Crippen molar-refractivity contribution in [3.8, 4) is 0 Å². The third kappa shape index (κ3) is 5.36. The average molecular weight is 485 g/mol. The smallest absolute Gasteiger partial charge is 0.267 e. The second-order valence-electron chi connectivity index (χ2n) is 7.76. The minimum absolute atomic E-state index is 0.0124. The Hall–Kier alpha value is -2.31. The highest BCUT2D eigenvalue weighted by Gasteiger charge is 2.37. The molecular weight excluding hydrogens is 456 g/mol. The van der Waals surface area contributed by atoms with E-state index in [0.29, 0.717) is 25.1 Å². The number of rotatable bonds is 8. The number of amides is 2. The summed E-state index contributed by atoms with van der Waals surface area (Å²) >= 11 is 0. The van der Waals surface area contributed by atoms with E-state index in [0.717, 1.165) is 5.01 Å². The van der Waals surface area contributed by atoms with Gasteiger partial charge in [0.1, 0.15) is 5.71 Å². The molecule has 3 rings (SSSR count). The monoisotopic (exact) mass is 484 g/mol. The van der Waals surface area contributed by atoms with E-state index in [9.17, 15) is 26.4 Å². The van der Waals surface area contributed by atoms with Crippen LogP contribution in [0.5, 0.6) is 0 Å². The Labute approximate surface area is 188 Å². The van der Waals surface area contributed by atoms with E-state index in [2.05, 4.69) is 10.4 Å². The van der Waals surface area contributed by atoms with Crippen molar-refractivity contribution >= 4 is 37.4 Å². The maximum atomic E-state index is 12.6. The molecule has 10 nitrogen and oxygen atoms in total. The van der Waals surface area contributed by atoms with Gasteiger partial charge in [-0.1, -0.05) is 26.0 Å². The van der Waals surface area contributed by atoms with Crippen LogP contribution in [0.3, 0.4) is 0 Å². The molecule has 2 aliphatic rings. The van der Waals surface area contributed by atoms with Gasteiger partial charge in [0.05, 0.1) is 22.4 Å². The molecule has 0 aliphatic carbocycles. The van der Waals surface area contributed by atoms with E-state index < -0.39 is 31.8 Å². The highest BCUT2D eigenvalue weighted by Crippen LogP contribution is 2.22. The van der Waals surface area contributed by atoms with Crippen molar-refractivity contribution < 1.29 is 26.4 Å². The Bertz CT molecular complexity index is 1110. The molecule has 1 atom stereocenters. The fraction of sp³-hybridized carbons (Fsp3) is 0.550. The maximum Gasteiger partial charge on any atom is 0.267 e. The first kappa shape index (κ1) is 24.3. The van der Waals surface area contributed by atoms with E-state index >= 15 is 0 Å². The third-order valence-corrected chi connectivity index (χ3v) is 9.41. The Morgan fingerprint density at radius 3 is 2.41 bits per heavy atom. The molecular formula is C20H28N4O6S2. The van der Waals surface area contributed by atoms with Gasteiger partial charge in [0.15, 0.2) is 9.84 Å². The second-order valence-corrected chi connectivity index (χ2v) is 11.9. The van der Waals surface area contributed by atoms with Crippen LogP contribution in [0.15, 0.2) is 34.3 Å². The molecule has 0 unspecified atom stereocenters. The van der Waals surface area contributed by atoms with Crippen LogP contribution in [-0.4, -0.2) is 74.3 Å². The molecule has 2 heterocycles. The van der Waals surface area contributed by atoms with Crippen molar-refractivity contribution in [1.29, 1.82) is 0 Å². The normalized spacial score (nSPS) is 21.0. The van der Waals surface area contributed by atoms with E-state index in [1.54, 1.807) is 26.0 Å². The Balaban J connectivity index is 1.64. The Morgan fingerprint density at radius 2 is 1.84 bits per heavy atom. The van der Waals surface area contributed by atoms with E-state index in [4.69, 9.17) is 0 Å². The van der Waals surface area contributed by atoms with Crippen LogP contribution < -0.4 is 5.32 Å². The number of nitrogens with one attached hydrogen (secondary N) is 1. The van der Waals surface area contributed by atoms with Crippen molar-refractivity contribution in [2.24, 2.45) is 5.10 Å². The van der Waals surface area contributed by atoms with Crippen LogP contribution in [0.2, 0.25) is 0 Å². The van der Waals surface area contributed by atoms with Crippen molar-refractivity contribution in [1.82, 2.24) is 14.6 Å². The molecule has 0 aromatic heterocycles. The lowest BCUT2D eigenvalue weighted by atomic mass is 10.1. The zero-order valence-electron chi connectivity index (χ0n) is 18.2. The molecule has 2 aliphatic heterocycles. The standard InChI is InChI=1S/C20H28N4O6S2/c1-3-23(4-2)32(29,30)17-7-5-15(6-8-17)13-21-20(26)18-9-10-19(25)24(22-18)16-11-12-31(27,28)14-16/h5-8,16H,3-4,9-14H2,1-2H3,(H,21,26)/t16-/m0/s1. The van der Waals surface area contributed by atoms with Gasteiger partial charge in [-0.2, -0.15) is 9.41 Å². The lowest BCUT2D eigenvalue weighted by Crippen LogP contribution is -2.43. The highest BCUT2D eigenvalue weighted by atomic mass is 32.2. The van der Waals surface area contributed by atoms with Crippen LogP contribution >= 0.6 is 0 Å². The van der Waals surface area contributed by atoms with Gasteiger partial charge in [-0.25, -0.2) is 21.8 Å². The number of hydrogen-bond donors (Lipinski definition) is 1. The minimum Gasteiger partial charge on any atom is -0.347 e. The number of sulfonamides is 1. The quantitative estimate of drug-likeness (QED) is 0.571. The first-order valence-corrected chi connectivity index (χ1v) is 13.8. The fourth-order valence-electron chi connectivity index (χ4n) is 3.76. The number of benzene rings is 1. The van der Waals surface area contributed by atoms with Gasteiger partial charge < -0.3 is 5.32 Å². The summed E-state index contributed by atoms with van der Waals surface area (Å²) in [6.07, 6.45) is 0.595. The molecule has 0 spiro atoms. The van der Waals surface area contributed by atoms with Gasteiger partial charge in [0, 0.05) is 32.5 Å². The second kappa shape index (κ2) is 9.67. The first-order chi connectivity index (χ1) is 15.1. The predicted octanol–water partition coefficient (Wildman–Crippen LogP) is 0.499. The summed E-state index contributed by atoms with van der Waals surface area (Å²) < 4.78 is 49.9. The lowest BCUT2D eigenvalue weighted by Gasteiger charge is -2.27. The van der Waals surface area contributed by atoms with Gasteiger partial charge in [0.2, 0.25) is 15.9 Å². The van der Waals surface area contributed by atoms with E-state index in [-0.39, 0.29) is 47.4 Å². The van der Waals surface area contributed by atoms with Crippen LogP contribution in [0, 0.1) is 0 Å². The van der Waals surface area contributed by atoms with Crippen LogP contribution in [0.25, 0.3) is 0 Å². The Morgan fingerprint density at radius 1 is 1.19 bits per heavy atom. The van der Waals surface area contributed by atoms with Crippen molar-refractivity contribution in [2.45, 2.75) is 50.6 Å². The average Bonchev–Trinajstić information content (AvgIpc) is 3.12. The summed E-state index contributed by atoms with van der Waals surface area (Å²) in [4.78, 5) is 24.9. The van der Waals surface area contributed by atoms with Crippen molar-refractivity contribution in [3.05, 3.63) is 29.8 Å². The molecule has 0 saturated carbocycles. The minimum atomic E-state index is -3.55. The molecule has 1 fully saturated rings. The van der Waals surface area contributed by atoms with Crippen molar-refractivity contribution in [2.75, 3.05) is 24.6 Å². The van der Waals surface area contributed by atoms with Gasteiger partial charge in [0.25, 0.3) is 5.91 Å². The van der Waals surface area contributed by atoms with Crippen molar-refractivity contribution in [3.63, 3.8) is 0 Å². The molecule has 2 amide bonds. The predicted molar refractivity (Wildman–Crippen MR) is 119 cm³/mol. The first-order valence-electron chi connectivity index (χ1n) is 10.5. The van der Waals surface area contributed by atoms with E-state index in [1.165, 1.54) is 16.4 Å². The zero-order valence-corrected chi connectivity index (χ0v) is 19.8. The number of sulfone groups is 1. The van der Waals surface area contributed by atoms with E-state index in [1.807, 2.05) is 0 Å². The SMILES string of the molecule is CCN(CC)S(=O)(=O)c1ccc(CNC(=O)C2=NN([C@H]3CCS(=O)(=O)C3)C(=O)CC2)cc1. The summed E-state index contributed by atoms with van der Waals surface area (Å²) in [5, 5.41) is 8.02. The number of carbonyl (C=O) groups excluding carboxylic acids is 2. The van der Waals surface area contributed by atoms with Crippen LogP contribution in [0.1, 0.15) is 38.7 Å². The van der Waals surface area contributed by atoms with Gasteiger partial charge >= 0.3 is 0 Å². The van der Waals surface area contributed by atoms with Gasteiger partial charge in [-0.05, 0) is 24.1 Å². The van der Waals surface area contributed by atoms with Gasteiger partial charge in [-0.15, -0.1) is 0 Å². The van der Waals surface area contributed by atoms with Crippen LogP contribution in [0.4, 0.5) is 0 Å². The summed E-state index contributed by atoms with van der Waals surface area (Å²) in [6, 6.07) is 5.76. The molecule has 1 aromatic rings. The fourth-order valence-corrected chi connectivity index (χ4v) is 6.91. The topological polar surface area (TPSA) is 133 Å². The molecule has 1 saturated heterocycles. The maximum absolute atomic E-state index is 12.6. The summed E-state index contributed by atoms with van der Waals surface area (Å²) in [5.74, 6) is -0.852. The summed E-state index contributed by atoms with van der Waals surface area (Å²) in [7, 11) is -6.73. The molecule has 176 valence electrons. The number of hydrazone groups is 1.